The van der Waals surface area contributed by atoms with Crippen LogP contribution in [0.2, 0.25) is 0 Å². The van der Waals surface area contributed by atoms with Gasteiger partial charge in [0.05, 0.1) is 13.2 Å². The third-order valence-electron chi connectivity index (χ3n) is 3.48. The summed E-state index contributed by atoms with van der Waals surface area (Å²) in [4.78, 5) is 36.1. The molecular weight excluding hydrogens is 274 g/mol. The molecule has 1 fully saturated rings. The number of benzene rings is 1. The third-order valence-corrected chi connectivity index (χ3v) is 3.48. The Morgan fingerprint density at radius 2 is 2.00 bits per heavy atom. The maximum Gasteiger partial charge on any atom is 0.411 e. The molecule has 1 aromatic rings. The van der Waals surface area contributed by atoms with Crippen molar-refractivity contribution in [1.82, 2.24) is 4.90 Å². The minimum absolute atomic E-state index is 0.0929. The molecule has 0 bridgehead atoms. The highest BCUT2D eigenvalue weighted by Crippen LogP contribution is 2.25. The SMILES string of the molecule is COC(=O)[C@H]1CC[C@H](C=O)N1C(=O)OCc1ccccc1. The van der Waals surface area contributed by atoms with Crippen molar-refractivity contribution in [2.75, 3.05) is 7.11 Å². The summed E-state index contributed by atoms with van der Waals surface area (Å²) in [6, 6.07) is 7.79. The van der Waals surface area contributed by atoms with Crippen LogP contribution in [0.3, 0.4) is 0 Å². The number of nitrogens with zero attached hydrogens (tertiary/aromatic N) is 1. The van der Waals surface area contributed by atoms with Crippen LogP contribution in [0.1, 0.15) is 18.4 Å². The second kappa shape index (κ2) is 6.88. The maximum atomic E-state index is 12.2. The molecule has 6 nitrogen and oxygen atoms in total. The van der Waals surface area contributed by atoms with Gasteiger partial charge < -0.3 is 14.3 Å². The lowest BCUT2D eigenvalue weighted by molar-refractivity contribution is -0.145. The van der Waals surface area contributed by atoms with Gasteiger partial charge in [0.2, 0.25) is 0 Å². The van der Waals surface area contributed by atoms with E-state index in [1.165, 1.54) is 12.0 Å². The van der Waals surface area contributed by atoms with Crippen LogP contribution in [0, 0.1) is 0 Å². The highest BCUT2D eigenvalue weighted by molar-refractivity contribution is 5.84. The van der Waals surface area contributed by atoms with Crippen molar-refractivity contribution in [1.29, 1.82) is 0 Å². The summed E-state index contributed by atoms with van der Waals surface area (Å²) in [5.74, 6) is -0.531. The van der Waals surface area contributed by atoms with Crippen LogP contribution < -0.4 is 0 Å². The van der Waals surface area contributed by atoms with Crippen LogP contribution in [-0.4, -0.2) is 42.4 Å². The van der Waals surface area contributed by atoms with E-state index in [0.29, 0.717) is 19.1 Å². The van der Waals surface area contributed by atoms with Crippen molar-refractivity contribution in [3.8, 4) is 0 Å². The number of rotatable bonds is 4. The molecular formula is C15H17NO5. The first-order valence-electron chi connectivity index (χ1n) is 6.69. The number of aldehydes is 1. The van der Waals surface area contributed by atoms with Crippen molar-refractivity contribution in [2.24, 2.45) is 0 Å². The number of hydrogen-bond acceptors (Lipinski definition) is 5. The summed E-state index contributed by atoms with van der Waals surface area (Å²) in [7, 11) is 1.25. The molecule has 0 radical (unpaired) electrons. The van der Waals surface area contributed by atoms with E-state index in [-0.39, 0.29) is 6.61 Å². The van der Waals surface area contributed by atoms with E-state index in [4.69, 9.17) is 4.74 Å². The van der Waals surface area contributed by atoms with Gasteiger partial charge in [-0.05, 0) is 18.4 Å². The highest BCUT2D eigenvalue weighted by atomic mass is 16.6. The van der Waals surface area contributed by atoms with E-state index in [1.54, 1.807) is 0 Å². The zero-order valence-electron chi connectivity index (χ0n) is 11.7. The van der Waals surface area contributed by atoms with Gasteiger partial charge in [0.1, 0.15) is 18.9 Å². The van der Waals surface area contributed by atoms with Gasteiger partial charge in [-0.3, -0.25) is 4.90 Å². The fourth-order valence-electron chi connectivity index (χ4n) is 2.40. The fourth-order valence-corrected chi connectivity index (χ4v) is 2.40. The second-order valence-corrected chi connectivity index (χ2v) is 4.77. The van der Waals surface area contributed by atoms with E-state index in [0.717, 1.165) is 5.56 Å². The Kier molecular flexibility index (Phi) is 4.92. The molecule has 0 aliphatic carbocycles. The van der Waals surface area contributed by atoms with Gasteiger partial charge in [-0.1, -0.05) is 30.3 Å². The van der Waals surface area contributed by atoms with Crippen LogP contribution in [0.4, 0.5) is 4.79 Å². The first-order valence-corrected chi connectivity index (χ1v) is 6.69. The quantitative estimate of drug-likeness (QED) is 0.621. The molecule has 0 spiro atoms. The Bertz CT molecular complexity index is 516. The maximum absolute atomic E-state index is 12.2. The Morgan fingerprint density at radius 1 is 1.29 bits per heavy atom. The molecule has 1 aromatic carbocycles. The number of likely N-dealkylation sites (tertiary alicyclic amines) is 1. The number of carbonyl (C=O) groups excluding carboxylic acids is 3. The minimum Gasteiger partial charge on any atom is -0.467 e. The van der Waals surface area contributed by atoms with Gasteiger partial charge in [-0.15, -0.1) is 0 Å². The molecule has 6 heteroatoms. The average Bonchev–Trinajstić information content (AvgIpc) is 2.96. The first-order chi connectivity index (χ1) is 10.2. The number of esters is 1. The highest BCUT2D eigenvalue weighted by Gasteiger charge is 2.42. The molecule has 2 rings (SSSR count). The summed E-state index contributed by atoms with van der Waals surface area (Å²) >= 11 is 0. The molecule has 21 heavy (non-hydrogen) atoms. The van der Waals surface area contributed by atoms with Crippen molar-refractivity contribution >= 4 is 18.3 Å². The Balaban J connectivity index is 2.03. The van der Waals surface area contributed by atoms with Crippen LogP contribution in [0.5, 0.6) is 0 Å². The molecule has 0 saturated carbocycles. The molecule has 1 aliphatic rings. The van der Waals surface area contributed by atoms with E-state index in [9.17, 15) is 14.4 Å². The lowest BCUT2D eigenvalue weighted by atomic mass is 10.2. The number of amides is 1. The predicted molar refractivity (Wildman–Crippen MR) is 73.4 cm³/mol. The molecule has 2 atom stereocenters. The van der Waals surface area contributed by atoms with Crippen LogP contribution in [0.25, 0.3) is 0 Å². The second-order valence-electron chi connectivity index (χ2n) is 4.77. The average molecular weight is 291 g/mol. The number of carbonyl (C=O) groups is 3. The molecule has 1 heterocycles. The van der Waals surface area contributed by atoms with Gasteiger partial charge in [0, 0.05) is 0 Å². The summed E-state index contributed by atoms with van der Waals surface area (Å²) in [6.07, 6.45) is 0.816. The number of ether oxygens (including phenoxy) is 2. The Morgan fingerprint density at radius 3 is 2.62 bits per heavy atom. The molecule has 112 valence electrons. The van der Waals surface area contributed by atoms with Crippen molar-refractivity contribution in [3.63, 3.8) is 0 Å². The summed E-state index contributed by atoms with van der Waals surface area (Å²) in [6.45, 7) is 0.0929. The number of methoxy groups -OCH3 is 1. The predicted octanol–water partition coefficient (Wildman–Crippen LogP) is 1.53. The smallest absolute Gasteiger partial charge is 0.411 e. The Hall–Kier alpha value is -2.37. The van der Waals surface area contributed by atoms with Crippen LogP contribution in [0.15, 0.2) is 30.3 Å². The molecule has 0 N–H and O–H groups in total. The minimum atomic E-state index is -0.756. The lowest BCUT2D eigenvalue weighted by Gasteiger charge is -2.25. The van der Waals surface area contributed by atoms with Gasteiger partial charge in [0.15, 0.2) is 0 Å². The third kappa shape index (κ3) is 3.39. The van der Waals surface area contributed by atoms with E-state index in [2.05, 4.69) is 4.74 Å². The number of hydrogen-bond donors (Lipinski definition) is 0. The zero-order valence-corrected chi connectivity index (χ0v) is 11.7. The van der Waals surface area contributed by atoms with E-state index < -0.39 is 24.1 Å². The summed E-state index contributed by atoms with van der Waals surface area (Å²) < 4.78 is 9.86. The standard InChI is InChI=1S/C15H17NO5/c1-20-14(18)13-8-7-12(9-17)16(13)15(19)21-10-11-5-3-2-4-6-11/h2-6,9,12-13H,7-8,10H2,1H3/t12-,13-/m1/s1. The summed E-state index contributed by atoms with van der Waals surface area (Å²) in [5, 5.41) is 0. The zero-order chi connectivity index (χ0) is 15.2. The monoisotopic (exact) mass is 291 g/mol. The van der Waals surface area contributed by atoms with Gasteiger partial charge >= 0.3 is 12.1 Å². The van der Waals surface area contributed by atoms with Crippen LogP contribution >= 0.6 is 0 Å². The van der Waals surface area contributed by atoms with Gasteiger partial charge in [0.25, 0.3) is 0 Å². The first kappa shape index (κ1) is 15.0. The largest absolute Gasteiger partial charge is 0.467 e. The fraction of sp³-hybridized carbons (Fsp3) is 0.400. The van der Waals surface area contributed by atoms with Crippen molar-refractivity contribution in [3.05, 3.63) is 35.9 Å². The lowest BCUT2D eigenvalue weighted by Crippen LogP contribution is -2.46. The topological polar surface area (TPSA) is 72.9 Å². The molecule has 0 aromatic heterocycles. The Labute approximate surface area is 122 Å². The molecule has 1 amide bonds. The van der Waals surface area contributed by atoms with Gasteiger partial charge in [-0.25, -0.2) is 9.59 Å². The van der Waals surface area contributed by atoms with E-state index in [1.807, 2.05) is 30.3 Å². The molecule has 1 aliphatic heterocycles. The molecule has 1 saturated heterocycles. The van der Waals surface area contributed by atoms with E-state index >= 15 is 0 Å². The van der Waals surface area contributed by atoms with Crippen molar-refractivity contribution in [2.45, 2.75) is 31.5 Å². The van der Waals surface area contributed by atoms with Crippen LogP contribution in [-0.2, 0) is 25.7 Å². The summed E-state index contributed by atoms with van der Waals surface area (Å²) in [5.41, 5.74) is 0.835. The normalized spacial score (nSPS) is 20.9. The van der Waals surface area contributed by atoms with Gasteiger partial charge in [-0.2, -0.15) is 0 Å². The molecule has 0 unspecified atom stereocenters. The van der Waals surface area contributed by atoms with Crippen molar-refractivity contribution < 1.29 is 23.9 Å².